The highest BCUT2D eigenvalue weighted by molar-refractivity contribution is 6.35. The molecule has 1 heterocycles. The Morgan fingerprint density at radius 2 is 2.43 bits per heavy atom. The minimum atomic E-state index is 0.135. The predicted octanol–water partition coefficient (Wildman–Crippen LogP) is 0.923. The van der Waals surface area contributed by atoms with Crippen LogP contribution in [0.3, 0.4) is 0 Å². The molecule has 0 aliphatic heterocycles. The zero-order chi connectivity index (χ0) is 10.1. The SMILES string of the molecule is [O-][n+]1onc2c(Cl)ccc(/C=N/O)c21. The fourth-order valence-corrected chi connectivity index (χ4v) is 1.32. The molecule has 1 aromatic heterocycles. The molecule has 0 radical (unpaired) electrons. The highest BCUT2D eigenvalue weighted by atomic mass is 35.5. The van der Waals surface area contributed by atoms with Gasteiger partial charge in [0.05, 0.1) is 16.8 Å². The van der Waals surface area contributed by atoms with Gasteiger partial charge >= 0.3 is 0 Å². The zero-order valence-corrected chi connectivity index (χ0v) is 7.47. The lowest BCUT2D eigenvalue weighted by Crippen LogP contribution is -2.23. The molecule has 1 aromatic carbocycles. The Kier molecular flexibility index (Phi) is 1.97. The van der Waals surface area contributed by atoms with E-state index < -0.39 is 0 Å². The summed E-state index contributed by atoms with van der Waals surface area (Å²) in [6.45, 7) is 0. The average Bonchev–Trinajstić information content (AvgIpc) is 2.55. The van der Waals surface area contributed by atoms with E-state index in [9.17, 15) is 5.21 Å². The van der Waals surface area contributed by atoms with Crippen LogP contribution in [0.1, 0.15) is 5.56 Å². The van der Waals surface area contributed by atoms with Gasteiger partial charge in [-0.15, -0.1) is 0 Å². The van der Waals surface area contributed by atoms with Crippen molar-refractivity contribution < 1.29 is 14.7 Å². The summed E-state index contributed by atoms with van der Waals surface area (Å²) in [6.07, 6.45) is 1.10. The van der Waals surface area contributed by atoms with Crippen LogP contribution in [-0.4, -0.2) is 16.6 Å². The van der Waals surface area contributed by atoms with E-state index in [-0.39, 0.29) is 15.9 Å². The van der Waals surface area contributed by atoms with Gasteiger partial charge in [0, 0.05) is 5.16 Å². The molecule has 72 valence electrons. The number of fused-ring (bicyclic) bond motifs is 1. The van der Waals surface area contributed by atoms with Crippen LogP contribution in [0.5, 0.6) is 0 Å². The largest absolute Gasteiger partial charge is 0.411 e. The zero-order valence-electron chi connectivity index (χ0n) is 6.72. The monoisotopic (exact) mass is 213 g/mol. The number of oxime groups is 1. The molecular weight excluding hydrogens is 210 g/mol. The van der Waals surface area contributed by atoms with Gasteiger partial charge in [0.2, 0.25) is 5.52 Å². The molecule has 1 N–H and O–H groups in total. The smallest absolute Gasteiger partial charge is 0.267 e. The first-order chi connectivity index (χ1) is 6.74. The number of aromatic nitrogens is 2. The van der Waals surface area contributed by atoms with E-state index in [2.05, 4.69) is 14.9 Å². The van der Waals surface area contributed by atoms with Gasteiger partial charge in [-0.1, -0.05) is 16.8 Å². The van der Waals surface area contributed by atoms with Gasteiger partial charge in [0.1, 0.15) is 0 Å². The quantitative estimate of drug-likeness (QED) is 0.330. The Hall–Kier alpha value is -1.82. The van der Waals surface area contributed by atoms with Crippen LogP contribution in [0, 0.1) is 5.21 Å². The fourth-order valence-electron chi connectivity index (χ4n) is 1.13. The summed E-state index contributed by atoms with van der Waals surface area (Å²) < 4.78 is 4.37. The third-order valence-corrected chi connectivity index (χ3v) is 2.02. The van der Waals surface area contributed by atoms with Crippen molar-refractivity contribution >= 4 is 28.8 Å². The van der Waals surface area contributed by atoms with E-state index >= 15 is 0 Å². The Labute approximate surface area is 82.5 Å². The summed E-state index contributed by atoms with van der Waals surface area (Å²) in [5, 5.41) is 26.0. The van der Waals surface area contributed by atoms with Crippen molar-refractivity contribution in [2.75, 3.05) is 0 Å². The molecule has 0 atom stereocenters. The average molecular weight is 214 g/mol. The van der Waals surface area contributed by atoms with E-state index in [0.29, 0.717) is 10.6 Å². The fraction of sp³-hybridized carbons (Fsp3) is 0. The number of hydrogen-bond donors (Lipinski definition) is 1. The van der Waals surface area contributed by atoms with Gasteiger partial charge in [0.25, 0.3) is 5.52 Å². The van der Waals surface area contributed by atoms with Crippen LogP contribution in [-0.2, 0) is 0 Å². The van der Waals surface area contributed by atoms with Crippen LogP contribution in [0.2, 0.25) is 5.02 Å². The van der Waals surface area contributed by atoms with Gasteiger partial charge in [-0.3, -0.25) is 4.63 Å². The van der Waals surface area contributed by atoms with E-state index in [0.717, 1.165) is 6.21 Å². The minimum absolute atomic E-state index is 0.135. The third kappa shape index (κ3) is 1.16. The first-order valence-electron chi connectivity index (χ1n) is 3.59. The van der Waals surface area contributed by atoms with Gasteiger partial charge in [0.15, 0.2) is 0 Å². The maximum absolute atomic E-state index is 11.1. The number of nitrogens with zero attached hydrogens (tertiary/aromatic N) is 3. The minimum Gasteiger partial charge on any atom is -0.411 e. The Balaban J connectivity index is 2.85. The molecular formula is C7H4ClN3O3. The van der Waals surface area contributed by atoms with Gasteiger partial charge in [-0.2, -0.15) is 0 Å². The van der Waals surface area contributed by atoms with Gasteiger partial charge < -0.3 is 10.4 Å². The maximum atomic E-state index is 11.1. The van der Waals surface area contributed by atoms with Crippen LogP contribution >= 0.6 is 11.6 Å². The van der Waals surface area contributed by atoms with Crippen molar-refractivity contribution in [3.05, 3.63) is 27.9 Å². The summed E-state index contributed by atoms with van der Waals surface area (Å²) in [4.78, 5) is 0.207. The summed E-state index contributed by atoms with van der Waals surface area (Å²) in [7, 11) is 0. The highest BCUT2D eigenvalue weighted by Crippen LogP contribution is 2.21. The molecule has 0 fully saturated rings. The molecule has 2 rings (SSSR count). The Bertz CT molecular complexity index is 508. The Morgan fingerprint density at radius 1 is 1.64 bits per heavy atom. The molecule has 0 aliphatic carbocycles. The lowest BCUT2D eigenvalue weighted by Gasteiger charge is -1.92. The summed E-state index contributed by atoms with van der Waals surface area (Å²) >= 11 is 5.76. The second kappa shape index (κ2) is 3.15. The number of rotatable bonds is 1. The van der Waals surface area contributed by atoms with Gasteiger partial charge in [-0.25, -0.2) is 0 Å². The predicted molar refractivity (Wildman–Crippen MR) is 47.4 cm³/mol. The molecule has 6 nitrogen and oxygen atoms in total. The first-order valence-corrected chi connectivity index (χ1v) is 3.97. The third-order valence-electron chi connectivity index (χ3n) is 1.72. The lowest BCUT2D eigenvalue weighted by atomic mass is 10.2. The molecule has 0 spiro atoms. The Morgan fingerprint density at radius 3 is 3.14 bits per heavy atom. The normalized spacial score (nSPS) is 11.5. The molecule has 2 aromatic rings. The summed E-state index contributed by atoms with van der Waals surface area (Å²) in [5.41, 5.74) is 0.748. The molecule has 0 unspecified atom stereocenters. The number of halogens is 1. The van der Waals surface area contributed by atoms with Crippen LogP contribution in [0.25, 0.3) is 11.0 Å². The van der Waals surface area contributed by atoms with E-state index in [4.69, 9.17) is 16.8 Å². The van der Waals surface area contributed by atoms with Crippen molar-refractivity contribution in [3.63, 3.8) is 0 Å². The van der Waals surface area contributed by atoms with Crippen molar-refractivity contribution in [1.82, 2.24) is 5.16 Å². The standard InChI is InChI=1S/C7H4ClN3O3/c8-5-2-1-4(3-9-12)7-6(5)10-14-11(7)13/h1-3,12H/b9-3+. The van der Waals surface area contributed by atoms with E-state index in [1.165, 1.54) is 12.1 Å². The van der Waals surface area contributed by atoms with Crippen LogP contribution in [0.15, 0.2) is 21.9 Å². The lowest BCUT2D eigenvalue weighted by molar-refractivity contribution is -0.782. The molecule has 7 heteroatoms. The van der Waals surface area contributed by atoms with Crippen molar-refractivity contribution in [2.45, 2.75) is 0 Å². The highest BCUT2D eigenvalue weighted by Gasteiger charge is 2.16. The summed E-state index contributed by atoms with van der Waals surface area (Å²) in [6, 6.07) is 3.05. The second-order valence-electron chi connectivity index (χ2n) is 2.51. The molecule has 0 saturated heterocycles. The van der Waals surface area contributed by atoms with Gasteiger partial charge in [-0.05, 0) is 17.0 Å². The molecule has 0 saturated carbocycles. The van der Waals surface area contributed by atoms with Crippen LogP contribution in [0.4, 0.5) is 0 Å². The van der Waals surface area contributed by atoms with E-state index in [1.54, 1.807) is 0 Å². The van der Waals surface area contributed by atoms with Crippen molar-refractivity contribution in [3.8, 4) is 0 Å². The second-order valence-corrected chi connectivity index (χ2v) is 2.92. The van der Waals surface area contributed by atoms with Crippen LogP contribution < -0.4 is 4.90 Å². The van der Waals surface area contributed by atoms with Crippen molar-refractivity contribution in [2.24, 2.45) is 5.16 Å². The molecule has 0 bridgehead atoms. The maximum Gasteiger partial charge on any atom is 0.267 e. The molecule has 0 amide bonds. The topological polar surface area (TPSA) is 85.6 Å². The summed E-state index contributed by atoms with van der Waals surface area (Å²) in [5.74, 6) is 0. The molecule has 14 heavy (non-hydrogen) atoms. The van der Waals surface area contributed by atoms with Crippen molar-refractivity contribution in [1.29, 1.82) is 0 Å². The van der Waals surface area contributed by atoms with E-state index in [1.807, 2.05) is 0 Å². The number of benzene rings is 1. The molecule has 0 aliphatic rings. The first kappa shape index (κ1) is 8.76. The number of hydrogen-bond acceptors (Lipinski definition) is 5.